The number of ether oxygens (including phenoxy) is 1. The van der Waals surface area contributed by atoms with Crippen LogP contribution < -0.4 is 14.8 Å². The van der Waals surface area contributed by atoms with Crippen LogP contribution in [0.15, 0.2) is 47.4 Å². The Bertz CT molecular complexity index is 1150. The Kier molecular flexibility index (Phi) is 7.85. The highest BCUT2D eigenvalue weighted by molar-refractivity contribution is 7.87. The molecule has 0 fully saturated rings. The molecule has 0 bridgehead atoms. The molecule has 0 aliphatic rings. The fourth-order valence-electron chi connectivity index (χ4n) is 2.37. The zero-order chi connectivity index (χ0) is 23.9. The largest absolute Gasteiger partial charge is 0.452 e. The van der Waals surface area contributed by atoms with Crippen LogP contribution in [0.4, 0.5) is 10.5 Å². The topological polar surface area (TPSA) is 171 Å². The summed E-state index contributed by atoms with van der Waals surface area (Å²) in [6.07, 6.45) is 0. The molecular weight excluding hydrogens is 446 g/mol. The quantitative estimate of drug-likeness (QED) is 0.255. The zero-order valence-electron chi connectivity index (χ0n) is 17.0. The van der Waals surface area contributed by atoms with Gasteiger partial charge in [0.15, 0.2) is 6.61 Å². The highest BCUT2D eigenvalue weighted by atomic mass is 32.2. The smallest absolute Gasteiger partial charge is 0.339 e. The lowest BCUT2D eigenvalue weighted by molar-refractivity contribution is -0.385. The lowest BCUT2D eigenvalue weighted by Gasteiger charge is -2.10. The molecule has 0 aliphatic carbocycles. The van der Waals surface area contributed by atoms with E-state index in [0.29, 0.717) is 6.54 Å². The molecule has 0 aromatic heterocycles. The Labute approximate surface area is 182 Å². The van der Waals surface area contributed by atoms with Gasteiger partial charge in [-0.05, 0) is 43.7 Å². The molecule has 2 rings (SSSR count). The number of nitrogens with one attached hydrogen (secondary N) is 2. The van der Waals surface area contributed by atoms with E-state index in [0.717, 1.165) is 6.07 Å². The molecule has 0 heterocycles. The second-order valence-corrected chi connectivity index (χ2v) is 7.77. The van der Waals surface area contributed by atoms with Crippen LogP contribution in [0.5, 0.6) is 5.75 Å². The Balaban J connectivity index is 2.04. The van der Waals surface area contributed by atoms with Crippen LogP contribution in [0.25, 0.3) is 0 Å². The van der Waals surface area contributed by atoms with E-state index in [1.165, 1.54) is 43.3 Å². The highest BCUT2D eigenvalue weighted by Gasteiger charge is 2.23. The van der Waals surface area contributed by atoms with Crippen LogP contribution in [-0.2, 0) is 19.6 Å². The molecule has 3 amide bonds. The SMILES string of the molecule is CCNC(=O)NC(=O)COC(=O)c1ccc(OS(=O)(=O)c2cc([N+](=O)[O-])ccc2C)cc1. The Morgan fingerprint density at radius 1 is 1.09 bits per heavy atom. The number of nitro benzene ring substituents is 1. The van der Waals surface area contributed by atoms with Crippen molar-refractivity contribution in [3.8, 4) is 5.75 Å². The lowest BCUT2D eigenvalue weighted by Crippen LogP contribution is -2.41. The fourth-order valence-corrected chi connectivity index (χ4v) is 3.55. The van der Waals surface area contributed by atoms with Crippen molar-refractivity contribution in [3.05, 3.63) is 63.7 Å². The van der Waals surface area contributed by atoms with Crippen LogP contribution in [0, 0.1) is 17.0 Å². The molecule has 2 aromatic carbocycles. The highest BCUT2D eigenvalue weighted by Crippen LogP contribution is 2.25. The second kappa shape index (κ2) is 10.3. The Hall–Kier alpha value is -4.00. The molecule has 13 heteroatoms. The van der Waals surface area contributed by atoms with Gasteiger partial charge >= 0.3 is 22.1 Å². The van der Waals surface area contributed by atoms with Gasteiger partial charge in [-0.2, -0.15) is 8.42 Å². The fraction of sp³-hybridized carbons (Fsp3) is 0.211. The Morgan fingerprint density at radius 2 is 1.75 bits per heavy atom. The average Bonchev–Trinajstić information content (AvgIpc) is 2.72. The predicted molar refractivity (Wildman–Crippen MR) is 110 cm³/mol. The first-order valence-electron chi connectivity index (χ1n) is 9.08. The van der Waals surface area contributed by atoms with Crippen LogP contribution in [0.1, 0.15) is 22.8 Å². The van der Waals surface area contributed by atoms with E-state index in [1.54, 1.807) is 6.92 Å². The molecule has 0 saturated carbocycles. The summed E-state index contributed by atoms with van der Waals surface area (Å²) in [4.78, 5) is 44.6. The van der Waals surface area contributed by atoms with Crippen molar-refractivity contribution in [2.24, 2.45) is 0 Å². The molecule has 0 spiro atoms. The van der Waals surface area contributed by atoms with Gasteiger partial charge in [-0.15, -0.1) is 0 Å². The van der Waals surface area contributed by atoms with Gasteiger partial charge in [-0.25, -0.2) is 9.59 Å². The third-order valence-electron chi connectivity index (χ3n) is 3.87. The first kappa shape index (κ1) is 24.3. The molecule has 0 unspecified atom stereocenters. The molecule has 170 valence electrons. The van der Waals surface area contributed by atoms with Gasteiger partial charge in [-0.1, -0.05) is 6.07 Å². The Morgan fingerprint density at radius 3 is 2.34 bits per heavy atom. The number of benzene rings is 2. The van der Waals surface area contributed by atoms with Gasteiger partial charge in [0.25, 0.3) is 11.6 Å². The maximum absolute atomic E-state index is 12.5. The van der Waals surface area contributed by atoms with E-state index < -0.39 is 45.2 Å². The number of urea groups is 1. The number of carbonyl (C=O) groups excluding carboxylic acids is 3. The van der Waals surface area contributed by atoms with Gasteiger partial charge in [0.2, 0.25) is 0 Å². The summed E-state index contributed by atoms with van der Waals surface area (Å²) in [5.74, 6) is -1.87. The molecule has 2 N–H and O–H groups in total. The number of imide groups is 1. The summed E-state index contributed by atoms with van der Waals surface area (Å²) in [6, 6.07) is 7.38. The van der Waals surface area contributed by atoms with Crippen molar-refractivity contribution >= 4 is 33.7 Å². The number of amides is 3. The van der Waals surface area contributed by atoms with E-state index in [-0.39, 0.29) is 21.8 Å². The van der Waals surface area contributed by atoms with Crippen molar-refractivity contribution in [2.75, 3.05) is 13.2 Å². The summed E-state index contributed by atoms with van der Waals surface area (Å²) in [5.41, 5.74) is -0.166. The third kappa shape index (κ3) is 6.50. The van der Waals surface area contributed by atoms with Crippen molar-refractivity contribution in [3.63, 3.8) is 0 Å². The zero-order valence-corrected chi connectivity index (χ0v) is 17.8. The maximum atomic E-state index is 12.5. The summed E-state index contributed by atoms with van der Waals surface area (Å²) < 4.78 is 34.8. The van der Waals surface area contributed by atoms with Gasteiger partial charge in [0.1, 0.15) is 10.6 Å². The van der Waals surface area contributed by atoms with Crippen molar-refractivity contribution in [2.45, 2.75) is 18.7 Å². The lowest BCUT2D eigenvalue weighted by atomic mass is 10.2. The normalized spacial score (nSPS) is 10.7. The van der Waals surface area contributed by atoms with Gasteiger partial charge in [-0.3, -0.25) is 20.2 Å². The molecule has 2 aromatic rings. The van der Waals surface area contributed by atoms with Crippen LogP contribution in [0.3, 0.4) is 0 Å². The number of nitro groups is 1. The van der Waals surface area contributed by atoms with E-state index in [2.05, 4.69) is 5.32 Å². The average molecular weight is 465 g/mol. The summed E-state index contributed by atoms with van der Waals surface area (Å²) in [7, 11) is -4.38. The monoisotopic (exact) mass is 465 g/mol. The minimum atomic E-state index is -4.38. The number of carbonyl (C=O) groups is 3. The molecular formula is C19H19N3O9S. The molecule has 0 atom stereocenters. The van der Waals surface area contributed by atoms with Crippen molar-refractivity contribution in [1.82, 2.24) is 10.6 Å². The molecule has 0 aliphatic heterocycles. The number of hydrogen-bond donors (Lipinski definition) is 2. The number of rotatable bonds is 8. The van der Waals surface area contributed by atoms with Crippen molar-refractivity contribution in [1.29, 1.82) is 0 Å². The van der Waals surface area contributed by atoms with E-state index in [1.807, 2.05) is 5.32 Å². The molecule has 0 radical (unpaired) electrons. The first-order valence-corrected chi connectivity index (χ1v) is 10.5. The van der Waals surface area contributed by atoms with Crippen LogP contribution in [-0.4, -0.2) is 44.4 Å². The maximum Gasteiger partial charge on any atom is 0.339 e. The standard InChI is InChI=1S/C19H19N3O9S/c1-3-20-19(25)21-17(23)11-30-18(24)13-5-8-15(9-6-13)31-32(28,29)16-10-14(22(26)27)7-4-12(16)2/h4-10H,3,11H2,1-2H3,(H2,20,21,23,25). The van der Waals surface area contributed by atoms with Crippen LogP contribution >= 0.6 is 0 Å². The van der Waals surface area contributed by atoms with Gasteiger partial charge < -0.3 is 14.2 Å². The van der Waals surface area contributed by atoms with Gasteiger partial charge in [0, 0.05) is 18.7 Å². The number of aryl methyl sites for hydroxylation is 1. The predicted octanol–water partition coefficient (Wildman–Crippen LogP) is 1.67. The minimum absolute atomic E-state index is 0.00733. The minimum Gasteiger partial charge on any atom is -0.452 e. The van der Waals surface area contributed by atoms with E-state index >= 15 is 0 Å². The summed E-state index contributed by atoms with van der Waals surface area (Å²) >= 11 is 0. The number of esters is 1. The van der Waals surface area contributed by atoms with E-state index in [9.17, 15) is 32.9 Å². The van der Waals surface area contributed by atoms with Crippen LogP contribution in [0.2, 0.25) is 0 Å². The summed E-state index contributed by atoms with van der Waals surface area (Å²) in [5, 5.41) is 15.2. The second-order valence-electron chi connectivity index (χ2n) is 6.25. The molecule has 12 nitrogen and oxygen atoms in total. The van der Waals surface area contributed by atoms with Crippen molar-refractivity contribution < 1.29 is 36.6 Å². The number of non-ortho nitro benzene ring substituents is 1. The van der Waals surface area contributed by atoms with E-state index in [4.69, 9.17) is 8.92 Å². The first-order chi connectivity index (χ1) is 15.0. The summed E-state index contributed by atoms with van der Waals surface area (Å²) in [6.45, 7) is 2.73. The third-order valence-corrected chi connectivity index (χ3v) is 5.26. The van der Waals surface area contributed by atoms with Gasteiger partial charge in [0.05, 0.1) is 10.5 Å². The number of nitrogens with zero attached hydrogens (tertiary/aromatic N) is 1. The molecule has 32 heavy (non-hydrogen) atoms. The molecule has 0 saturated heterocycles. The number of hydrogen-bond acceptors (Lipinski definition) is 9.